The van der Waals surface area contributed by atoms with Crippen LogP contribution in [-0.2, 0) is 12.8 Å². The van der Waals surface area contributed by atoms with Crippen LogP contribution in [0.25, 0.3) is 0 Å². The summed E-state index contributed by atoms with van der Waals surface area (Å²) < 4.78 is 13.4. The van der Waals surface area contributed by atoms with Crippen LogP contribution in [0.5, 0.6) is 0 Å². The van der Waals surface area contributed by atoms with Gasteiger partial charge in [-0.25, -0.2) is 4.39 Å². The van der Waals surface area contributed by atoms with E-state index in [1.54, 1.807) is 13.0 Å². The van der Waals surface area contributed by atoms with Crippen molar-refractivity contribution in [3.8, 4) is 0 Å². The van der Waals surface area contributed by atoms with Crippen LogP contribution in [0.15, 0.2) is 24.3 Å². The molecule has 0 bridgehead atoms. The zero-order chi connectivity index (χ0) is 14.1. The maximum absolute atomic E-state index is 13.4. The van der Waals surface area contributed by atoms with E-state index in [2.05, 4.69) is 6.07 Å². The smallest absolute Gasteiger partial charge is 0.126 e. The Labute approximate surface area is 123 Å². The van der Waals surface area contributed by atoms with Crippen LogP contribution in [0.4, 0.5) is 4.39 Å². The zero-order valence-corrected chi connectivity index (χ0v) is 12.6. The van der Waals surface area contributed by atoms with Gasteiger partial charge < -0.3 is 5.73 Å². The average Bonchev–Trinajstić information content (AvgIpc) is 2.72. The van der Waals surface area contributed by atoms with E-state index in [9.17, 15) is 4.39 Å². The van der Waals surface area contributed by atoms with E-state index in [0.717, 1.165) is 5.56 Å². The van der Waals surface area contributed by atoms with Gasteiger partial charge in [-0.15, -0.1) is 11.3 Å². The molecular weight excluding hydrogens is 269 g/mol. The second kappa shape index (κ2) is 5.66. The summed E-state index contributed by atoms with van der Waals surface area (Å²) >= 11 is 1.84. The van der Waals surface area contributed by atoms with Crippen molar-refractivity contribution in [1.82, 2.24) is 0 Å². The fourth-order valence-corrected chi connectivity index (χ4v) is 4.16. The molecule has 106 valence electrons. The largest absolute Gasteiger partial charge is 0.320 e. The second-order valence-corrected chi connectivity index (χ2v) is 6.81. The van der Waals surface area contributed by atoms with Crippen LogP contribution in [0.1, 0.15) is 51.7 Å². The highest BCUT2D eigenvalue weighted by atomic mass is 32.1. The lowest BCUT2D eigenvalue weighted by molar-refractivity contribution is 0.617. The highest BCUT2D eigenvalue weighted by molar-refractivity contribution is 7.12. The first-order valence-corrected chi connectivity index (χ1v) is 8.10. The molecular formula is C17H20FNS. The first kappa shape index (κ1) is 13.8. The van der Waals surface area contributed by atoms with Gasteiger partial charge in [0.15, 0.2) is 0 Å². The molecule has 1 heterocycles. The van der Waals surface area contributed by atoms with E-state index in [1.165, 1.54) is 53.5 Å². The highest BCUT2D eigenvalue weighted by Crippen LogP contribution is 2.34. The Bertz CT molecular complexity index is 594. The van der Waals surface area contributed by atoms with E-state index >= 15 is 0 Å². The Morgan fingerprint density at radius 3 is 2.75 bits per heavy atom. The molecule has 1 aliphatic rings. The summed E-state index contributed by atoms with van der Waals surface area (Å²) in [5.74, 6) is -0.164. The molecule has 3 heteroatoms. The van der Waals surface area contributed by atoms with Gasteiger partial charge in [-0.1, -0.05) is 18.6 Å². The van der Waals surface area contributed by atoms with Gasteiger partial charge >= 0.3 is 0 Å². The van der Waals surface area contributed by atoms with Gasteiger partial charge in [-0.05, 0) is 61.4 Å². The van der Waals surface area contributed by atoms with Gasteiger partial charge in [0.2, 0.25) is 0 Å². The van der Waals surface area contributed by atoms with Crippen LogP contribution < -0.4 is 5.73 Å². The van der Waals surface area contributed by atoms with Gasteiger partial charge in [0.05, 0.1) is 6.04 Å². The quantitative estimate of drug-likeness (QED) is 0.809. The minimum absolute atomic E-state index is 0.133. The molecule has 0 amide bonds. The van der Waals surface area contributed by atoms with E-state index in [0.29, 0.717) is 5.56 Å². The molecule has 0 fully saturated rings. The second-order valence-electron chi connectivity index (χ2n) is 5.64. The molecule has 2 aromatic rings. The van der Waals surface area contributed by atoms with E-state index < -0.39 is 0 Å². The third-order valence-electron chi connectivity index (χ3n) is 4.11. The molecule has 0 aliphatic heterocycles. The Morgan fingerprint density at radius 1 is 1.15 bits per heavy atom. The molecule has 0 radical (unpaired) electrons. The summed E-state index contributed by atoms with van der Waals surface area (Å²) in [6.45, 7) is 1.79. The fraction of sp³-hybridized carbons (Fsp3) is 0.412. The number of hydrogen-bond donors (Lipinski definition) is 1. The minimum atomic E-state index is -0.164. The number of rotatable bonds is 2. The van der Waals surface area contributed by atoms with Crippen molar-refractivity contribution in [1.29, 1.82) is 0 Å². The predicted molar refractivity (Wildman–Crippen MR) is 82.7 cm³/mol. The maximum atomic E-state index is 13.4. The Balaban J connectivity index is 1.90. The van der Waals surface area contributed by atoms with Crippen LogP contribution in [0.2, 0.25) is 0 Å². The third kappa shape index (κ3) is 2.65. The standard InChI is InChI=1S/C17H20FNS/c1-11-9-13(7-8-14(11)18)17(19)16-10-12-5-3-2-4-6-15(12)20-16/h7-10,17H,2-6,19H2,1H3. The first-order chi connectivity index (χ1) is 9.65. The average molecular weight is 289 g/mol. The number of hydrogen-bond acceptors (Lipinski definition) is 2. The van der Waals surface area contributed by atoms with Crippen molar-refractivity contribution in [2.75, 3.05) is 0 Å². The molecule has 1 nitrogen and oxygen atoms in total. The van der Waals surface area contributed by atoms with Gasteiger partial charge in [0.1, 0.15) is 5.82 Å². The van der Waals surface area contributed by atoms with Crippen molar-refractivity contribution < 1.29 is 4.39 Å². The van der Waals surface area contributed by atoms with Gasteiger partial charge in [-0.2, -0.15) is 0 Å². The third-order valence-corrected chi connectivity index (χ3v) is 5.43. The normalized spacial score (nSPS) is 16.6. The summed E-state index contributed by atoms with van der Waals surface area (Å²) in [4.78, 5) is 2.72. The maximum Gasteiger partial charge on any atom is 0.126 e. The predicted octanol–water partition coefficient (Wildman–Crippen LogP) is 4.51. The number of halogens is 1. The van der Waals surface area contributed by atoms with Crippen LogP contribution >= 0.6 is 11.3 Å². The molecule has 3 rings (SSSR count). The lowest BCUT2D eigenvalue weighted by atomic mass is 10.0. The van der Waals surface area contributed by atoms with E-state index in [1.807, 2.05) is 17.4 Å². The number of benzene rings is 1. The molecule has 1 aromatic carbocycles. The summed E-state index contributed by atoms with van der Waals surface area (Å²) in [7, 11) is 0. The topological polar surface area (TPSA) is 26.0 Å². The van der Waals surface area contributed by atoms with Crippen LogP contribution in [0, 0.1) is 12.7 Å². The monoisotopic (exact) mass is 289 g/mol. The highest BCUT2D eigenvalue weighted by Gasteiger charge is 2.17. The van der Waals surface area contributed by atoms with Crippen LogP contribution in [0.3, 0.4) is 0 Å². The molecule has 0 saturated carbocycles. The number of thiophene rings is 1. The van der Waals surface area contributed by atoms with Crippen LogP contribution in [-0.4, -0.2) is 0 Å². The van der Waals surface area contributed by atoms with E-state index in [4.69, 9.17) is 5.73 Å². The molecule has 20 heavy (non-hydrogen) atoms. The summed E-state index contributed by atoms with van der Waals surface area (Å²) in [6.07, 6.45) is 6.28. The zero-order valence-electron chi connectivity index (χ0n) is 11.8. The Hall–Kier alpha value is -1.19. The first-order valence-electron chi connectivity index (χ1n) is 7.28. The summed E-state index contributed by atoms with van der Waals surface area (Å²) in [5.41, 5.74) is 9.52. The molecule has 0 saturated heterocycles. The molecule has 1 aromatic heterocycles. The molecule has 1 aliphatic carbocycles. The van der Waals surface area contributed by atoms with Gasteiger partial charge in [0, 0.05) is 9.75 Å². The van der Waals surface area contributed by atoms with Crippen molar-refractivity contribution in [3.05, 3.63) is 56.5 Å². The van der Waals surface area contributed by atoms with Gasteiger partial charge in [0.25, 0.3) is 0 Å². The molecule has 1 atom stereocenters. The number of nitrogens with two attached hydrogens (primary N) is 1. The van der Waals surface area contributed by atoms with Crippen molar-refractivity contribution >= 4 is 11.3 Å². The number of aryl methyl sites for hydroxylation is 3. The van der Waals surface area contributed by atoms with Crippen molar-refractivity contribution in [2.24, 2.45) is 5.73 Å². The van der Waals surface area contributed by atoms with Crippen molar-refractivity contribution in [2.45, 2.75) is 45.1 Å². The summed E-state index contributed by atoms with van der Waals surface area (Å²) in [5, 5.41) is 0. The Kier molecular flexibility index (Phi) is 3.90. The SMILES string of the molecule is Cc1cc(C(N)c2cc3c(s2)CCCCC3)ccc1F. The molecule has 2 N–H and O–H groups in total. The Morgan fingerprint density at radius 2 is 1.95 bits per heavy atom. The lowest BCUT2D eigenvalue weighted by Crippen LogP contribution is -2.10. The van der Waals surface area contributed by atoms with Crippen molar-refractivity contribution in [3.63, 3.8) is 0 Å². The number of fused-ring (bicyclic) bond motifs is 1. The minimum Gasteiger partial charge on any atom is -0.320 e. The summed E-state index contributed by atoms with van der Waals surface area (Å²) in [6, 6.07) is 7.33. The van der Waals surface area contributed by atoms with E-state index in [-0.39, 0.29) is 11.9 Å². The van der Waals surface area contributed by atoms with Gasteiger partial charge in [-0.3, -0.25) is 0 Å². The fourth-order valence-electron chi connectivity index (χ4n) is 2.87. The molecule has 0 spiro atoms. The lowest BCUT2D eigenvalue weighted by Gasteiger charge is -2.11. The molecule has 1 unspecified atom stereocenters.